The van der Waals surface area contributed by atoms with E-state index in [2.05, 4.69) is 100 Å². The van der Waals surface area contributed by atoms with E-state index in [1.807, 2.05) is 0 Å². The van der Waals surface area contributed by atoms with E-state index in [0.717, 1.165) is 10.7 Å². The molecule has 0 saturated heterocycles. The van der Waals surface area contributed by atoms with Crippen LogP contribution in [0, 0.1) is 0 Å². The fourth-order valence-electron chi connectivity index (χ4n) is 3.84. The van der Waals surface area contributed by atoms with Gasteiger partial charge in [-0.25, -0.2) is 0 Å². The van der Waals surface area contributed by atoms with E-state index < -0.39 is 0 Å². The number of hydrogen-bond acceptors (Lipinski definition) is 0. The van der Waals surface area contributed by atoms with Crippen LogP contribution in [0.1, 0.15) is 36.8 Å². The topological polar surface area (TPSA) is 0 Å². The molecule has 0 radical (unpaired) electrons. The van der Waals surface area contributed by atoms with E-state index in [0.29, 0.717) is 0 Å². The minimum Gasteiger partial charge on any atom is -0.0928 e. The fourth-order valence-corrected chi connectivity index (χ4v) is 5.12. The van der Waals surface area contributed by atoms with E-state index in [1.54, 1.807) is 0 Å². The number of benzene rings is 2. The Morgan fingerprint density at radius 3 is 1.52 bits per heavy atom. The number of alkyl halides is 2. The molecule has 0 unspecified atom stereocenters. The first kappa shape index (κ1) is 18.2. The molecule has 0 spiro atoms. The minimum absolute atomic E-state index is 0.125. The largest absolute Gasteiger partial charge is 0.0928 e. The number of rotatable bonds is 6. The van der Waals surface area contributed by atoms with E-state index in [1.165, 1.54) is 56.9 Å². The molecule has 0 heterocycles. The molecule has 0 amide bonds. The van der Waals surface area contributed by atoms with Crippen molar-refractivity contribution in [1.29, 1.82) is 0 Å². The van der Waals surface area contributed by atoms with Crippen LogP contribution in [-0.4, -0.2) is 10.7 Å². The van der Waals surface area contributed by atoms with Gasteiger partial charge >= 0.3 is 0 Å². The number of hydrogen-bond donors (Lipinski definition) is 0. The molecule has 4 heteroatoms. The van der Waals surface area contributed by atoms with Crippen molar-refractivity contribution < 1.29 is 0 Å². The maximum Gasteiger partial charge on any atom is 0.0216 e. The van der Waals surface area contributed by atoms with Gasteiger partial charge in [0.2, 0.25) is 0 Å². The zero-order valence-corrected chi connectivity index (χ0v) is 19.1. The van der Waals surface area contributed by atoms with Gasteiger partial charge in [-0.3, -0.25) is 0 Å². The van der Waals surface area contributed by atoms with Crippen LogP contribution >= 0.6 is 63.7 Å². The standard InChI is InChI=1S/C19H18Br4/c20-9-1-7-19(8-2-10-21)17-11-13(22)3-5-15(17)16-6-4-14(23)12-18(16)19/h3-6,11-12H,1-2,7-10H2. The minimum atomic E-state index is 0.125. The van der Waals surface area contributed by atoms with Gasteiger partial charge in [0.25, 0.3) is 0 Å². The molecule has 0 fully saturated rings. The molecule has 0 N–H and O–H groups in total. The van der Waals surface area contributed by atoms with E-state index in [-0.39, 0.29) is 5.41 Å². The molecule has 122 valence electrons. The lowest BCUT2D eigenvalue weighted by molar-refractivity contribution is 0.439. The summed E-state index contributed by atoms with van der Waals surface area (Å²) in [6, 6.07) is 13.6. The van der Waals surface area contributed by atoms with Crippen LogP contribution in [0.2, 0.25) is 0 Å². The molecule has 0 saturated carbocycles. The van der Waals surface area contributed by atoms with Crippen molar-refractivity contribution in [3.63, 3.8) is 0 Å². The molecule has 2 aromatic carbocycles. The predicted octanol–water partition coefficient (Wildman–Crippen LogP) is 7.83. The van der Waals surface area contributed by atoms with Gasteiger partial charge in [-0.05, 0) is 72.2 Å². The summed E-state index contributed by atoms with van der Waals surface area (Å²) in [5, 5.41) is 2.10. The molecule has 1 aliphatic carbocycles. The lowest BCUT2D eigenvalue weighted by Crippen LogP contribution is -2.26. The monoisotopic (exact) mass is 562 g/mol. The van der Waals surface area contributed by atoms with Crippen molar-refractivity contribution in [2.24, 2.45) is 0 Å². The molecular weight excluding hydrogens is 548 g/mol. The molecule has 0 aromatic heterocycles. The van der Waals surface area contributed by atoms with E-state index in [9.17, 15) is 0 Å². The van der Waals surface area contributed by atoms with Gasteiger partial charge in [0, 0.05) is 25.0 Å². The zero-order valence-electron chi connectivity index (χ0n) is 12.7. The average Bonchev–Trinajstić information content (AvgIpc) is 2.80. The van der Waals surface area contributed by atoms with Gasteiger partial charge in [0.05, 0.1) is 0 Å². The Balaban J connectivity index is 2.23. The van der Waals surface area contributed by atoms with Gasteiger partial charge in [-0.2, -0.15) is 0 Å². The summed E-state index contributed by atoms with van der Waals surface area (Å²) in [6.45, 7) is 0. The lowest BCUT2D eigenvalue weighted by atomic mass is 9.71. The Hall–Kier alpha value is 0.360. The first-order valence-electron chi connectivity index (χ1n) is 7.85. The number of fused-ring (bicyclic) bond motifs is 3. The van der Waals surface area contributed by atoms with Gasteiger partial charge in [0.15, 0.2) is 0 Å². The van der Waals surface area contributed by atoms with Gasteiger partial charge < -0.3 is 0 Å². The smallest absolute Gasteiger partial charge is 0.0216 e. The Bertz CT molecular complexity index is 647. The molecule has 0 bridgehead atoms. The summed E-state index contributed by atoms with van der Waals surface area (Å²) >= 11 is 14.6. The van der Waals surface area contributed by atoms with Crippen LogP contribution in [-0.2, 0) is 5.41 Å². The van der Waals surface area contributed by atoms with Crippen LogP contribution in [0.4, 0.5) is 0 Å². The third kappa shape index (κ3) is 3.38. The Morgan fingerprint density at radius 1 is 0.696 bits per heavy atom. The van der Waals surface area contributed by atoms with Gasteiger partial charge in [-0.1, -0.05) is 75.9 Å². The van der Waals surface area contributed by atoms with Crippen LogP contribution in [0.25, 0.3) is 11.1 Å². The molecule has 2 aromatic rings. The normalized spacial score (nSPS) is 14.6. The Labute approximate surface area is 172 Å². The van der Waals surface area contributed by atoms with Gasteiger partial charge in [0.1, 0.15) is 0 Å². The maximum atomic E-state index is 3.68. The summed E-state index contributed by atoms with van der Waals surface area (Å²) < 4.78 is 2.34. The van der Waals surface area contributed by atoms with Crippen molar-refractivity contribution in [3.8, 4) is 11.1 Å². The van der Waals surface area contributed by atoms with Crippen molar-refractivity contribution in [1.82, 2.24) is 0 Å². The SMILES string of the molecule is BrCCCC1(CCCBr)c2cc(Br)ccc2-c2ccc(Br)cc21. The van der Waals surface area contributed by atoms with Crippen molar-refractivity contribution in [3.05, 3.63) is 56.5 Å². The molecular formula is C19H18Br4. The first-order valence-corrected chi connectivity index (χ1v) is 11.7. The quantitative estimate of drug-likeness (QED) is 0.313. The summed E-state index contributed by atoms with van der Waals surface area (Å²) in [5.41, 5.74) is 5.91. The predicted molar refractivity (Wildman–Crippen MR) is 114 cm³/mol. The second-order valence-electron chi connectivity index (χ2n) is 6.05. The summed E-state index contributed by atoms with van der Waals surface area (Å²) in [5.74, 6) is 0. The summed E-state index contributed by atoms with van der Waals surface area (Å²) in [7, 11) is 0. The van der Waals surface area contributed by atoms with Crippen LogP contribution in [0.3, 0.4) is 0 Å². The van der Waals surface area contributed by atoms with Crippen molar-refractivity contribution in [2.45, 2.75) is 31.1 Å². The Morgan fingerprint density at radius 2 is 1.13 bits per heavy atom. The average molecular weight is 566 g/mol. The molecule has 0 nitrogen and oxygen atoms in total. The maximum absolute atomic E-state index is 3.68. The van der Waals surface area contributed by atoms with E-state index >= 15 is 0 Å². The zero-order chi connectivity index (χ0) is 16.4. The Kier molecular flexibility index (Phi) is 6.09. The molecule has 23 heavy (non-hydrogen) atoms. The highest BCUT2D eigenvalue weighted by Gasteiger charge is 2.42. The second-order valence-corrected chi connectivity index (χ2v) is 9.46. The molecule has 1 aliphatic rings. The summed E-state index contributed by atoms with van der Waals surface area (Å²) in [4.78, 5) is 0. The molecule has 3 rings (SSSR count). The van der Waals surface area contributed by atoms with Gasteiger partial charge in [-0.15, -0.1) is 0 Å². The molecule has 0 aliphatic heterocycles. The third-order valence-electron chi connectivity index (χ3n) is 4.76. The highest BCUT2D eigenvalue weighted by molar-refractivity contribution is 9.11. The van der Waals surface area contributed by atoms with E-state index in [4.69, 9.17) is 0 Å². The van der Waals surface area contributed by atoms with Crippen molar-refractivity contribution in [2.75, 3.05) is 10.7 Å². The fraction of sp³-hybridized carbons (Fsp3) is 0.368. The number of halogens is 4. The van der Waals surface area contributed by atoms with Crippen molar-refractivity contribution >= 4 is 63.7 Å². The van der Waals surface area contributed by atoms with Crippen LogP contribution < -0.4 is 0 Å². The highest BCUT2D eigenvalue weighted by Crippen LogP contribution is 2.54. The first-order chi connectivity index (χ1) is 11.1. The van der Waals surface area contributed by atoms with Crippen LogP contribution in [0.15, 0.2) is 45.3 Å². The van der Waals surface area contributed by atoms with Crippen LogP contribution in [0.5, 0.6) is 0 Å². The highest BCUT2D eigenvalue weighted by atomic mass is 79.9. The second kappa shape index (κ2) is 7.72. The third-order valence-corrected chi connectivity index (χ3v) is 6.87. The summed E-state index contributed by atoms with van der Waals surface area (Å²) in [6.07, 6.45) is 4.72. The lowest BCUT2D eigenvalue weighted by Gasteiger charge is -2.32. The molecule has 0 atom stereocenters.